The molecule has 0 spiro atoms. The molecule has 5 aromatic rings. The number of halogens is 1. The second kappa shape index (κ2) is 7.29. The summed E-state index contributed by atoms with van der Waals surface area (Å²) < 4.78 is 2.44. The van der Waals surface area contributed by atoms with E-state index in [1.54, 1.807) is 0 Å². The van der Waals surface area contributed by atoms with Gasteiger partial charge in [-0.2, -0.15) is 0 Å². The van der Waals surface area contributed by atoms with Crippen molar-refractivity contribution in [2.75, 3.05) is 5.33 Å². The van der Waals surface area contributed by atoms with Gasteiger partial charge in [0.25, 0.3) is 0 Å². The van der Waals surface area contributed by atoms with Crippen LogP contribution in [0.15, 0.2) is 97.1 Å². The van der Waals surface area contributed by atoms with E-state index in [0.29, 0.717) is 0 Å². The molecule has 0 unspecified atom stereocenters. The van der Waals surface area contributed by atoms with Gasteiger partial charge in [0.05, 0.1) is 0 Å². The van der Waals surface area contributed by atoms with Crippen molar-refractivity contribution in [3.63, 3.8) is 0 Å². The van der Waals surface area contributed by atoms with Crippen molar-refractivity contribution in [3.8, 4) is 22.3 Å². The molecule has 28 heavy (non-hydrogen) atoms. The normalized spacial score (nSPS) is 11.3. The van der Waals surface area contributed by atoms with Crippen LogP contribution in [0.3, 0.4) is 0 Å². The lowest BCUT2D eigenvalue weighted by atomic mass is 10.0. The highest BCUT2D eigenvalue weighted by Crippen LogP contribution is 2.35. The summed E-state index contributed by atoms with van der Waals surface area (Å²) in [4.78, 5) is 0. The van der Waals surface area contributed by atoms with Gasteiger partial charge < -0.3 is 4.57 Å². The fraction of sp³-hybridized carbons (Fsp3) is 0.0769. The van der Waals surface area contributed by atoms with E-state index in [2.05, 4.69) is 118 Å². The minimum Gasteiger partial charge on any atom is -0.340 e. The second-order valence-corrected chi connectivity index (χ2v) is 7.83. The van der Waals surface area contributed by atoms with Crippen LogP contribution >= 0.6 is 15.9 Å². The summed E-state index contributed by atoms with van der Waals surface area (Å²) in [7, 11) is 0. The van der Waals surface area contributed by atoms with Crippen molar-refractivity contribution >= 4 is 37.7 Å². The molecule has 2 heteroatoms. The Morgan fingerprint density at radius 2 is 1.00 bits per heavy atom. The van der Waals surface area contributed by atoms with E-state index in [1.165, 1.54) is 44.1 Å². The average Bonchev–Trinajstić information content (AvgIpc) is 3.08. The largest absolute Gasteiger partial charge is 0.340 e. The molecule has 136 valence electrons. The Hall–Kier alpha value is -2.84. The molecule has 0 N–H and O–H groups in total. The zero-order valence-corrected chi connectivity index (χ0v) is 17.1. The molecule has 0 amide bonds. The lowest BCUT2D eigenvalue weighted by Crippen LogP contribution is -1.98. The standard InChI is InChI=1S/C26H20BrN/c27-15-16-28-25-17-21(19-7-3-1-4-8-19)11-13-23(25)24-14-12-22(18-26(24)28)20-9-5-2-6-10-20/h1-14,17-18H,15-16H2. The molecule has 0 aliphatic carbocycles. The smallest absolute Gasteiger partial charge is 0.0497 e. The van der Waals surface area contributed by atoms with Crippen LogP contribution in [-0.2, 0) is 6.54 Å². The molecular formula is C26H20BrN. The highest BCUT2D eigenvalue weighted by Gasteiger charge is 2.12. The Morgan fingerprint density at radius 3 is 1.43 bits per heavy atom. The topological polar surface area (TPSA) is 4.93 Å². The Bertz CT molecular complexity index is 1160. The van der Waals surface area contributed by atoms with Gasteiger partial charge in [0.1, 0.15) is 0 Å². The summed E-state index contributed by atoms with van der Waals surface area (Å²) in [5, 5.41) is 3.56. The first-order chi connectivity index (χ1) is 13.8. The van der Waals surface area contributed by atoms with Gasteiger partial charge in [-0.25, -0.2) is 0 Å². The van der Waals surface area contributed by atoms with Crippen molar-refractivity contribution < 1.29 is 0 Å². The fourth-order valence-electron chi connectivity index (χ4n) is 4.04. The van der Waals surface area contributed by atoms with Crippen LogP contribution in [0.4, 0.5) is 0 Å². The number of fused-ring (bicyclic) bond motifs is 3. The predicted molar refractivity (Wildman–Crippen MR) is 124 cm³/mol. The molecule has 1 aromatic heterocycles. The van der Waals surface area contributed by atoms with E-state index in [0.717, 1.165) is 11.9 Å². The first-order valence-corrected chi connectivity index (χ1v) is 10.7. The summed E-state index contributed by atoms with van der Waals surface area (Å²) in [5.41, 5.74) is 7.61. The van der Waals surface area contributed by atoms with Gasteiger partial charge in [0, 0.05) is 33.7 Å². The molecule has 0 aliphatic heterocycles. The summed E-state index contributed by atoms with van der Waals surface area (Å²) in [5.74, 6) is 0. The number of hydrogen-bond donors (Lipinski definition) is 0. The third-order valence-electron chi connectivity index (χ3n) is 5.39. The van der Waals surface area contributed by atoms with Gasteiger partial charge in [-0.3, -0.25) is 0 Å². The summed E-state index contributed by atoms with van der Waals surface area (Å²) in [6.45, 7) is 0.941. The van der Waals surface area contributed by atoms with E-state index in [-0.39, 0.29) is 0 Å². The van der Waals surface area contributed by atoms with Crippen LogP contribution in [0.25, 0.3) is 44.1 Å². The molecule has 0 aliphatic rings. The number of aryl methyl sites for hydroxylation is 1. The number of hydrogen-bond acceptors (Lipinski definition) is 0. The Labute approximate surface area is 173 Å². The molecular weight excluding hydrogens is 406 g/mol. The van der Waals surface area contributed by atoms with Crippen LogP contribution in [0.1, 0.15) is 0 Å². The lowest BCUT2D eigenvalue weighted by molar-refractivity contribution is 0.843. The first-order valence-electron chi connectivity index (χ1n) is 9.58. The maximum Gasteiger partial charge on any atom is 0.0497 e. The zero-order chi connectivity index (χ0) is 18.9. The lowest BCUT2D eigenvalue weighted by Gasteiger charge is -2.08. The molecule has 4 aromatic carbocycles. The van der Waals surface area contributed by atoms with Gasteiger partial charge in [0.2, 0.25) is 0 Å². The number of benzene rings is 4. The minimum absolute atomic E-state index is 0.928. The van der Waals surface area contributed by atoms with Crippen molar-refractivity contribution in [1.82, 2.24) is 4.57 Å². The zero-order valence-electron chi connectivity index (χ0n) is 15.5. The summed E-state index contributed by atoms with van der Waals surface area (Å²) in [6.07, 6.45) is 0. The number of aromatic nitrogens is 1. The SMILES string of the molecule is BrCCn1c2cc(-c3ccccc3)ccc2c2ccc(-c3ccccc3)cc21. The van der Waals surface area contributed by atoms with Crippen molar-refractivity contribution in [2.45, 2.75) is 6.54 Å². The molecule has 0 atom stereocenters. The van der Waals surface area contributed by atoms with Gasteiger partial charge >= 0.3 is 0 Å². The maximum atomic E-state index is 3.65. The Balaban J connectivity index is 1.76. The second-order valence-electron chi connectivity index (χ2n) is 7.04. The summed E-state index contributed by atoms with van der Waals surface area (Å²) >= 11 is 3.65. The van der Waals surface area contributed by atoms with Crippen molar-refractivity contribution in [1.29, 1.82) is 0 Å². The van der Waals surface area contributed by atoms with Gasteiger partial charge in [-0.1, -0.05) is 101 Å². The fourth-order valence-corrected chi connectivity index (χ4v) is 4.40. The van der Waals surface area contributed by atoms with E-state index in [4.69, 9.17) is 0 Å². The third kappa shape index (κ3) is 2.94. The molecule has 0 saturated heterocycles. The number of rotatable bonds is 4. The van der Waals surface area contributed by atoms with E-state index in [1.807, 2.05) is 0 Å². The van der Waals surface area contributed by atoms with Crippen molar-refractivity contribution in [2.24, 2.45) is 0 Å². The number of nitrogens with zero attached hydrogens (tertiary/aromatic N) is 1. The van der Waals surface area contributed by atoms with E-state index < -0.39 is 0 Å². The van der Waals surface area contributed by atoms with Crippen LogP contribution in [0, 0.1) is 0 Å². The van der Waals surface area contributed by atoms with Crippen LogP contribution < -0.4 is 0 Å². The Morgan fingerprint density at radius 1 is 0.536 bits per heavy atom. The molecule has 0 radical (unpaired) electrons. The van der Waals surface area contributed by atoms with Gasteiger partial charge in [-0.05, 0) is 34.4 Å². The highest BCUT2D eigenvalue weighted by molar-refractivity contribution is 9.09. The van der Waals surface area contributed by atoms with E-state index >= 15 is 0 Å². The monoisotopic (exact) mass is 425 g/mol. The highest BCUT2D eigenvalue weighted by atomic mass is 79.9. The average molecular weight is 426 g/mol. The van der Waals surface area contributed by atoms with Gasteiger partial charge in [0.15, 0.2) is 0 Å². The molecule has 1 heterocycles. The molecule has 0 fully saturated rings. The maximum absolute atomic E-state index is 3.65. The molecule has 0 bridgehead atoms. The molecule has 5 rings (SSSR count). The summed E-state index contributed by atoms with van der Waals surface area (Å²) in [6, 6.07) is 34.9. The predicted octanol–water partition coefficient (Wildman–Crippen LogP) is 7.52. The van der Waals surface area contributed by atoms with E-state index in [9.17, 15) is 0 Å². The van der Waals surface area contributed by atoms with Crippen LogP contribution in [0.2, 0.25) is 0 Å². The molecule has 1 nitrogen and oxygen atoms in total. The first kappa shape index (κ1) is 17.3. The van der Waals surface area contributed by atoms with Crippen LogP contribution in [-0.4, -0.2) is 9.90 Å². The van der Waals surface area contributed by atoms with Gasteiger partial charge in [-0.15, -0.1) is 0 Å². The Kier molecular flexibility index (Phi) is 4.50. The minimum atomic E-state index is 0.928. The van der Waals surface area contributed by atoms with Crippen LogP contribution in [0.5, 0.6) is 0 Å². The number of alkyl halides is 1. The third-order valence-corrected chi connectivity index (χ3v) is 5.74. The quantitative estimate of drug-likeness (QED) is 0.262. The molecule has 0 saturated carbocycles. The van der Waals surface area contributed by atoms with Crippen molar-refractivity contribution in [3.05, 3.63) is 97.1 Å².